The average Bonchev–Trinajstić information content (AvgIpc) is 2.61. The van der Waals surface area contributed by atoms with Crippen LogP contribution >= 0.6 is 24.0 Å². The number of unbranched alkanes of at least 4 members (excludes halogenated alkanes) is 4. The predicted octanol–water partition coefficient (Wildman–Crippen LogP) is 3.16. The second-order valence-corrected chi connectivity index (χ2v) is 6.73. The molecule has 0 amide bonds. The second-order valence-electron chi connectivity index (χ2n) is 6.73. The van der Waals surface area contributed by atoms with Gasteiger partial charge in [-0.15, -0.1) is 24.0 Å². The molecule has 0 radical (unpaired) electrons. The van der Waals surface area contributed by atoms with E-state index in [9.17, 15) is 0 Å². The normalized spacial score (nSPS) is 16.5. The standard InChI is InChI=1S/C19H41N5.HI/c1-4-7-8-9-12-21-19(20-5-2)22-13-10-11-14-24-17-15-23(6-3)16-18-24;/h4-18H2,1-3H3,(H2,20,21,22);1H. The molecule has 0 aromatic heterocycles. The molecule has 0 aromatic rings. The van der Waals surface area contributed by atoms with Gasteiger partial charge in [0, 0.05) is 45.8 Å². The van der Waals surface area contributed by atoms with Gasteiger partial charge in [0.2, 0.25) is 0 Å². The minimum atomic E-state index is 0. The van der Waals surface area contributed by atoms with Crippen molar-refractivity contribution in [2.75, 3.05) is 58.9 Å². The van der Waals surface area contributed by atoms with Crippen LogP contribution in [0, 0.1) is 0 Å². The molecular weight excluding hydrogens is 425 g/mol. The summed E-state index contributed by atoms with van der Waals surface area (Å²) in [4.78, 5) is 9.82. The molecule has 0 saturated carbocycles. The Bertz CT molecular complexity index is 317. The van der Waals surface area contributed by atoms with Crippen molar-refractivity contribution < 1.29 is 0 Å². The summed E-state index contributed by atoms with van der Waals surface area (Å²) in [6, 6.07) is 0. The first-order valence-corrected chi connectivity index (χ1v) is 10.3. The highest BCUT2D eigenvalue weighted by Gasteiger charge is 2.14. The Morgan fingerprint density at radius 2 is 1.56 bits per heavy atom. The molecule has 2 N–H and O–H groups in total. The van der Waals surface area contributed by atoms with Crippen molar-refractivity contribution in [3.05, 3.63) is 0 Å². The summed E-state index contributed by atoms with van der Waals surface area (Å²) < 4.78 is 0. The minimum Gasteiger partial charge on any atom is -0.357 e. The fourth-order valence-corrected chi connectivity index (χ4v) is 3.07. The number of rotatable bonds is 12. The number of likely N-dealkylation sites (N-methyl/N-ethyl adjacent to an activating group) is 1. The molecule has 1 fully saturated rings. The van der Waals surface area contributed by atoms with E-state index in [0.29, 0.717) is 0 Å². The summed E-state index contributed by atoms with van der Waals surface area (Å²) in [6.07, 6.45) is 7.60. The minimum absolute atomic E-state index is 0. The number of hydrogen-bond donors (Lipinski definition) is 2. The van der Waals surface area contributed by atoms with E-state index < -0.39 is 0 Å². The van der Waals surface area contributed by atoms with Gasteiger partial charge in [0.15, 0.2) is 5.96 Å². The highest BCUT2D eigenvalue weighted by molar-refractivity contribution is 14.0. The first kappa shape index (κ1) is 24.9. The van der Waals surface area contributed by atoms with Gasteiger partial charge < -0.3 is 20.4 Å². The molecule has 0 spiro atoms. The third-order valence-electron chi connectivity index (χ3n) is 4.73. The van der Waals surface area contributed by atoms with Gasteiger partial charge in [-0.2, -0.15) is 0 Å². The zero-order valence-corrected chi connectivity index (χ0v) is 19.2. The van der Waals surface area contributed by atoms with Crippen LogP contribution < -0.4 is 10.6 Å². The van der Waals surface area contributed by atoms with Gasteiger partial charge in [0.25, 0.3) is 0 Å². The molecule has 6 heteroatoms. The molecule has 0 atom stereocenters. The van der Waals surface area contributed by atoms with Crippen LogP contribution in [0.25, 0.3) is 0 Å². The monoisotopic (exact) mass is 467 g/mol. The second kappa shape index (κ2) is 17.3. The van der Waals surface area contributed by atoms with Gasteiger partial charge in [-0.05, 0) is 39.3 Å². The molecule has 0 bridgehead atoms. The number of halogens is 1. The summed E-state index contributed by atoms with van der Waals surface area (Å²) in [5.74, 6) is 0.991. The van der Waals surface area contributed by atoms with Crippen LogP contribution in [0.15, 0.2) is 4.99 Å². The number of nitrogens with zero attached hydrogens (tertiary/aromatic N) is 3. The van der Waals surface area contributed by atoms with Gasteiger partial charge >= 0.3 is 0 Å². The molecule has 1 aliphatic heterocycles. The SMILES string of the molecule is CCCCCCN=C(NCC)NCCCCN1CCN(CC)CC1.I. The van der Waals surface area contributed by atoms with Crippen LogP contribution in [-0.4, -0.2) is 74.7 Å². The first-order chi connectivity index (χ1) is 11.8. The third-order valence-corrected chi connectivity index (χ3v) is 4.73. The highest BCUT2D eigenvalue weighted by Crippen LogP contribution is 2.03. The van der Waals surface area contributed by atoms with Gasteiger partial charge in [-0.25, -0.2) is 0 Å². The van der Waals surface area contributed by atoms with E-state index in [1.165, 1.54) is 77.8 Å². The smallest absolute Gasteiger partial charge is 0.191 e. The van der Waals surface area contributed by atoms with Crippen molar-refractivity contribution >= 4 is 29.9 Å². The van der Waals surface area contributed by atoms with E-state index in [1.54, 1.807) is 0 Å². The topological polar surface area (TPSA) is 42.9 Å². The average molecular weight is 467 g/mol. The van der Waals surface area contributed by atoms with E-state index in [2.05, 4.69) is 46.2 Å². The van der Waals surface area contributed by atoms with Crippen molar-refractivity contribution in [2.24, 2.45) is 4.99 Å². The zero-order chi connectivity index (χ0) is 17.5. The van der Waals surface area contributed by atoms with Crippen molar-refractivity contribution in [1.29, 1.82) is 0 Å². The Kier molecular flexibility index (Phi) is 17.3. The lowest BCUT2D eigenvalue weighted by Gasteiger charge is -2.34. The molecule has 1 rings (SSSR count). The molecule has 1 saturated heterocycles. The van der Waals surface area contributed by atoms with Crippen LogP contribution in [0.1, 0.15) is 59.3 Å². The zero-order valence-electron chi connectivity index (χ0n) is 16.9. The van der Waals surface area contributed by atoms with Crippen LogP contribution in [-0.2, 0) is 0 Å². The van der Waals surface area contributed by atoms with Crippen molar-refractivity contribution in [3.63, 3.8) is 0 Å². The quantitative estimate of drug-likeness (QED) is 0.200. The molecule has 0 aliphatic carbocycles. The fraction of sp³-hybridized carbons (Fsp3) is 0.947. The largest absolute Gasteiger partial charge is 0.357 e. The molecule has 1 aliphatic rings. The number of aliphatic imine (C=N–C) groups is 1. The van der Waals surface area contributed by atoms with Crippen LogP contribution in [0.3, 0.4) is 0 Å². The Balaban J connectivity index is 0.00000576. The molecule has 150 valence electrons. The van der Waals surface area contributed by atoms with E-state index in [1.807, 2.05) is 0 Å². The lowest BCUT2D eigenvalue weighted by atomic mass is 10.2. The maximum Gasteiger partial charge on any atom is 0.191 e. The van der Waals surface area contributed by atoms with Gasteiger partial charge in [0.1, 0.15) is 0 Å². The fourth-order valence-electron chi connectivity index (χ4n) is 3.07. The van der Waals surface area contributed by atoms with Gasteiger partial charge in [-0.1, -0.05) is 33.1 Å². The lowest BCUT2D eigenvalue weighted by Crippen LogP contribution is -2.46. The molecule has 25 heavy (non-hydrogen) atoms. The number of piperazine rings is 1. The first-order valence-electron chi connectivity index (χ1n) is 10.3. The molecular formula is C19H42IN5. The summed E-state index contributed by atoms with van der Waals surface area (Å²) in [5.41, 5.74) is 0. The van der Waals surface area contributed by atoms with Crippen molar-refractivity contribution in [2.45, 2.75) is 59.3 Å². The van der Waals surface area contributed by atoms with Crippen LogP contribution in [0.4, 0.5) is 0 Å². The summed E-state index contributed by atoms with van der Waals surface area (Å²) >= 11 is 0. The maximum absolute atomic E-state index is 4.67. The lowest BCUT2D eigenvalue weighted by molar-refractivity contribution is 0.136. The Labute approximate surface area is 173 Å². The number of nitrogens with one attached hydrogen (secondary N) is 2. The summed E-state index contributed by atoms with van der Waals surface area (Å²) in [5, 5.41) is 6.83. The number of hydrogen-bond acceptors (Lipinski definition) is 3. The number of guanidine groups is 1. The van der Waals surface area contributed by atoms with Gasteiger partial charge in [0.05, 0.1) is 0 Å². The Morgan fingerprint density at radius 3 is 2.20 bits per heavy atom. The van der Waals surface area contributed by atoms with E-state index >= 15 is 0 Å². The van der Waals surface area contributed by atoms with E-state index in [4.69, 9.17) is 0 Å². The summed E-state index contributed by atoms with van der Waals surface area (Å²) in [7, 11) is 0. The Morgan fingerprint density at radius 1 is 0.840 bits per heavy atom. The van der Waals surface area contributed by atoms with E-state index in [-0.39, 0.29) is 24.0 Å². The third kappa shape index (κ3) is 12.8. The Hall–Kier alpha value is -0.0800. The van der Waals surface area contributed by atoms with Gasteiger partial charge in [-0.3, -0.25) is 4.99 Å². The summed E-state index contributed by atoms with van der Waals surface area (Å²) in [6.45, 7) is 16.9. The highest BCUT2D eigenvalue weighted by atomic mass is 127. The molecule has 0 aromatic carbocycles. The molecule has 5 nitrogen and oxygen atoms in total. The molecule has 1 heterocycles. The van der Waals surface area contributed by atoms with E-state index in [0.717, 1.165) is 25.6 Å². The van der Waals surface area contributed by atoms with Crippen molar-refractivity contribution in [3.8, 4) is 0 Å². The molecule has 0 unspecified atom stereocenters. The predicted molar refractivity (Wildman–Crippen MR) is 121 cm³/mol. The van der Waals surface area contributed by atoms with Crippen LogP contribution in [0.5, 0.6) is 0 Å². The van der Waals surface area contributed by atoms with Crippen LogP contribution in [0.2, 0.25) is 0 Å². The maximum atomic E-state index is 4.67. The van der Waals surface area contributed by atoms with Crippen molar-refractivity contribution in [1.82, 2.24) is 20.4 Å².